The van der Waals surface area contributed by atoms with E-state index in [2.05, 4.69) is 10.6 Å². The number of hydrogen-bond acceptors (Lipinski definition) is 3. The third-order valence-corrected chi connectivity index (χ3v) is 4.19. The van der Waals surface area contributed by atoms with Gasteiger partial charge in [0.15, 0.2) is 0 Å². The van der Waals surface area contributed by atoms with Crippen molar-refractivity contribution in [1.82, 2.24) is 10.6 Å². The Morgan fingerprint density at radius 3 is 2.24 bits per heavy atom. The highest BCUT2D eigenvalue weighted by Gasteiger charge is 2.24. The van der Waals surface area contributed by atoms with Crippen LogP contribution in [0.5, 0.6) is 0 Å². The van der Waals surface area contributed by atoms with E-state index in [-0.39, 0.29) is 12.8 Å². The molecule has 0 aromatic heterocycles. The Kier molecular flexibility index (Phi) is 8.09. The predicted molar refractivity (Wildman–Crippen MR) is 109 cm³/mol. The molecule has 0 saturated heterocycles. The number of amides is 3. The van der Waals surface area contributed by atoms with Gasteiger partial charge in [-0.1, -0.05) is 54.6 Å². The molecule has 7 heteroatoms. The van der Waals surface area contributed by atoms with Crippen LogP contribution in [0.3, 0.4) is 0 Å². The van der Waals surface area contributed by atoms with Crippen LogP contribution >= 0.6 is 0 Å². The number of halogens is 1. The van der Waals surface area contributed by atoms with Crippen LogP contribution in [0.1, 0.15) is 24.5 Å². The summed E-state index contributed by atoms with van der Waals surface area (Å²) in [5.74, 6) is -2.01. The molecule has 29 heavy (non-hydrogen) atoms. The Morgan fingerprint density at radius 1 is 1.00 bits per heavy atom. The normalized spacial score (nSPS) is 12.9. The largest absolute Gasteiger partial charge is 0.368 e. The van der Waals surface area contributed by atoms with Crippen molar-refractivity contribution in [2.45, 2.75) is 31.8 Å². The molecule has 152 valence electrons. The molecule has 0 saturated carbocycles. The smallest absolute Gasteiger partial charge is 0.243 e. The van der Waals surface area contributed by atoms with Crippen molar-refractivity contribution >= 4 is 23.8 Å². The number of rotatable bonds is 9. The Bertz CT molecular complexity index is 867. The molecule has 2 atom stereocenters. The summed E-state index contributed by atoms with van der Waals surface area (Å²) < 4.78 is 13.1. The van der Waals surface area contributed by atoms with Crippen molar-refractivity contribution < 1.29 is 18.8 Å². The summed E-state index contributed by atoms with van der Waals surface area (Å²) in [5, 5.41) is 5.14. The van der Waals surface area contributed by atoms with Gasteiger partial charge in [-0.15, -0.1) is 0 Å². The van der Waals surface area contributed by atoms with Crippen molar-refractivity contribution in [2.75, 3.05) is 0 Å². The summed E-state index contributed by atoms with van der Waals surface area (Å²) in [6, 6.07) is 13.3. The lowest BCUT2D eigenvalue weighted by Gasteiger charge is -2.21. The molecule has 0 aliphatic heterocycles. The Hall–Kier alpha value is -3.48. The maximum absolute atomic E-state index is 13.1. The van der Waals surface area contributed by atoms with Gasteiger partial charge in [0.1, 0.15) is 17.9 Å². The van der Waals surface area contributed by atoms with Gasteiger partial charge in [-0.25, -0.2) is 4.39 Å². The minimum absolute atomic E-state index is 0.150. The quantitative estimate of drug-likeness (QED) is 0.603. The van der Waals surface area contributed by atoms with Crippen LogP contribution in [0, 0.1) is 5.82 Å². The van der Waals surface area contributed by atoms with Gasteiger partial charge >= 0.3 is 0 Å². The Labute approximate surface area is 169 Å². The van der Waals surface area contributed by atoms with E-state index in [1.807, 2.05) is 36.4 Å². The molecule has 0 unspecified atom stereocenters. The van der Waals surface area contributed by atoms with E-state index in [0.29, 0.717) is 5.56 Å². The van der Waals surface area contributed by atoms with Gasteiger partial charge in [0.25, 0.3) is 0 Å². The average Bonchev–Trinajstić information content (AvgIpc) is 2.68. The van der Waals surface area contributed by atoms with Crippen LogP contribution in [0.15, 0.2) is 60.7 Å². The van der Waals surface area contributed by atoms with Crippen molar-refractivity contribution in [3.05, 3.63) is 77.6 Å². The maximum atomic E-state index is 13.1. The second-order valence-corrected chi connectivity index (χ2v) is 6.60. The first-order valence-corrected chi connectivity index (χ1v) is 9.18. The summed E-state index contributed by atoms with van der Waals surface area (Å²) in [7, 11) is 0. The number of nitrogens with one attached hydrogen (secondary N) is 2. The van der Waals surface area contributed by atoms with Gasteiger partial charge < -0.3 is 16.4 Å². The van der Waals surface area contributed by atoms with E-state index in [9.17, 15) is 18.8 Å². The molecule has 0 bridgehead atoms. The highest BCUT2D eigenvalue weighted by molar-refractivity contribution is 5.91. The van der Waals surface area contributed by atoms with Crippen LogP contribution in [-0.4, -0.2) is 29.8 Å². The molecule has 0 heterocycles. The van der Waals surface area contributed by atoms with E-state index in [0.717, 1.165) is 5.56 Å². The fourth-order valence-corrected chi connectivity index (χ4v) is 2.73. The zero-order valence-corrected chi connectivity index (χ0v) is 16.1. The molecule has 0 fully saturated rings. The standard InChI is InChI=1S/C22H24FN3O3/c1-15(27)25-20(14-17-10-12-18(23)13-11-17)22(29)26-19(21(24)28)9-5-8-16-6-3-2-4-7-16/h2-8,10-13,19-20H,9,14H2,1H3,(H2,24,28)(H,25,27)(H,26,29)/b8-5+/t19-,20+/m0/s1. The number of carbonyl (C=O) groups excluding carboxylic acids is 3. The molecule has 3 amide bonds. The summed E-state index contributed by atoms with van der Waals surface area (Å²) >= 11 is 0. The molecule has 6 nitrogen and oxygen atoms in total. The SMILES string of the molecule is CC(=O)N[C@H](Cc1ccc(F)cc1)C(=O)N[C@@H](C/C=C/c1ccccc1)C(N)=O. The van der Waals surface area contributed by atoms with Crippen LogP contribution in [0.25, 0.3) is 6.08 Å². The van der Waals surface area contributed by atoms with E-state index < -0.39 is 35.6 Å². The van der Waals surface area contributed by atoms with Crippen molar-refractivity contribution in [1.29, 1.82) is 0 Å². The fraction of sp³-hybridized carbons (Fsp3) is 0.227. The first-order valence-electron chi connectivity index (χ1n) is 9.18. The summed E-state index contributed by atoms with van der Waals surface area (Å²) in [5.41, 5.74) is 7.04. The van der Waals surface area contributed by atoms with Gasteiger partial charge in [0.05, 0.1) is 0 Å². The molecule has 2 rings (SSSR count). The van der Waals surface area contributed by atoms with Crippen LogP contribution in [0.4, 0.5) is 4.39 Å². The summed E-state index contributed by atoms with van der Waals surface area (Å²) in [4.78, 5) is 35.9. The van der Waals surface area contributed by atoms with Crippen molar-refractivity contribution in [3.63, 3.8) is 0 Å². The maximum Gasteiger partial charge on any atom is 0.243 e. The first-order chi connectivity index (χ1) is 13.8. The second kappa shape index (κ2) is 10.8. The van der Waals surface area contributed by atoms with E-state index >= 15 is 0 Å². The van der Waals surface area contributed by atoms with Gasteiger partial charge in [0.2, 0.25) is 17.7 Å². The van der Waals surface area contributed by atoms with Gasteiger partial charge in [-0.3, -0.25) is 14.4 Å². The lowest BCUT2D eigenvalue weighted by atomic mass is 10.0. The van der Waals surface area contributed by atoms with E-state index in [1.165, 1.54) is 31.2 Å². The van der Waals surface area contributed by atoms with E-state index in [4.69, 9.17) is 5.73 Å². The monoisotopic (exact) mass is 397 g/mol. The fourth-order valence-electron chi connectivity index (χ4n) is 2.73. The van der Waals surface area contributed by atoms with Gasteiger partial charge in [-0.2, -0.15) is 0 Å². The van der Waals surface area contributed by atoms with Gasteiger partial charge in [0, 0.05) is 13.3 Å². The molecule has 4 N–H and O–H groups in total. The third-order valence-electron chi connectivity index (χ3n) is 4.19. The molecule has 2 aromatic carbocycles. The molecular weight excluding hydrogens is 373 g/mol. The first kappa shape index (κ1) is 21.8. The topological polar surface area (TPSA) is 101 Å². The second-order valence-electron chi connectivity index (χ2n) is 6.60. The predicted octanol–water partition coefficient (Wildman–Crippen LogP) is 1.95. The number of primary amides is 1. The number of hydrogen-bond donors (Lipinski definition) is 3. The lowest BCUT2D eigenvalue weighted by Crippen LogP contribution is -2.53. The lowest BCUT2D eigenvalue weighted by molar-refractivity contribution is -0.130. The number of carbonyl (C=O) groups is 3. The molecule has 2 aromatic rings. The zero-order chi connectivity index (χ0) is 21.2. The molecule has 0 aliphatic rings. The van der Waals surface area contributed by atoms with Crippen LogP contribution in [-0.2, 0) is 20.8 Å². The molecule has 0 spiro atoms. The highest BCUT2D eigenvalue weighted by Crippen LogP contribution is 2.08. The van der Waals surface area contributed by atoms with Crippen LogP contribution in [0.2, 0.25) is 0 Å². The molecule has 0 radical (unpaired) electrons. The summed E-state index contributed by atoms with van der Waals surface area (Å²) in [6.45, 7) is 1.29. The number of nitrogens with two attached hydrogens (primary N) is 1. The average molecular weight is 397 g/mol. The van der Waals surface area contributed by atoms with Crippen molar-refractivity contribution in [2.24, 2.45) is 5.73 Å². The van der Waals surface area contributed by atoms with Crippen molar-refractivity contribution in [3.8, 4) is 0 Å². The van der Waals surface area contributed by atoms with E-state index in [1.54, 1.807) is 6.08 Å². The van der Waals surface area contributed by atoms with Gasteiger partial charge in [-0.05, 0) is 29.7 Å². The highest BCUT2D eigenvalue weighted by atomic mass is 19.1. The van der Waals surface area contributed by atoms with Crippen LogP contribution < -0.4 is 16.4 Å². The summed E-state index contributed by atoms with van der Waals surface area (Å²) in [6.07, 6.45) is 3.93. The third kappa shape index (κ3) is 7.57. The Morgan fingerprint density at radius 2 is 1.66 bits per heavy atom. The minimum Gasteiger partial charge on any atom is -0.368 e. The Balaban J connectivity index is 2.04. The zero-order valence-electron chi connectivity index (χ0n) is 16.1. The number of benzene rings is 2. The molecule has 0 aliphatic carbocycles. The minimum atomic E-state index is -0.924. The molecular formula is C22H24FN3O3.